The summed E-state index contributed by atoms with van der Waals surface area (Å²) in [5.74, 6) is -1.51. The van der Waals surface area contributed by atoms with Crippen LogP contribution < -0.4 is 10.4 Å². The van der Waals surface area contributed by atoms with Crippen LogP contribution in [0.1, 0.15) is 78.1 Å². The lowest BCUT2D eigenvalue weighted by atomic mass is 10.2. The Morgan fingerprint density at radius 1 is 0.815 bits per heavy atom. The smallest absolute Gasteiger partial charge is 0.220 e. The number of carboxylic acid groups (broad SMARTS) is 1. The molecule has 1 N–H and O–H groups in total. The van der Waals surface area contributed by atoms with Gasteiger partial charge in [-0.3, -0.25) is 4.79 Å². The van der Waals surface area contributed by atoms with Gasteiger partial charge in [-0.25, -0.2) is 0 Å². The van der Waals surface area contributed by atoms with Gasteiger partial charge in [-0.05, 0) is 51.9 Å². The number of unbranched alkanes of at least 4 members (excludes halogenated alkanes) is 4. The average molecular weight is 375 g/mol. The Kier molecular flexibility index (Phi) is 17.2. The van der Waals surface area contributed by atoms with Gasteiger partial charge in [-0.2, -0.15) is 0 Å². The Bertz CT molecular complexity index is 504. The van der Waals surface area contributed by atoms with E-state index in [0.717, 1.165) is 25.7 Å². The standard InChI is InChI=1S/C23H37NO3/c1-3-4-5-6-7-8-9-10-11-12-13-14-15-16-17-18-19-20-22(25)24-21(2)23(26)27/h7-8,10-11,13-14,16-17,21H,3-6,9,12,15,18-20H2,1-2H3,(H,24,25)(H,26,27)/p-1/b8-7-,11-10-,14-13-,17-16-/t21-/m0/s1. The maximum absolute atomic E-state index is 11.5. The Labute approximate surface area is 165 Å². The molecule has 152 valence electrons. The summed E-state index contributed by atoms with van der Waals surface area (Å²) in [6.45, 7) is 3.63. The van der Waals surface area contributed by atoms with Gasteiger partial charge in [0.25, 0.3) is 0 Å². The summed E-state index contributed by atoms with van der Waals surface area (Å²) < 4.78 is 0. The molecule has 0 spiro atoms. The molecule has 0 aromatic heterocycles. The molecule has 0 bridgehead atoms. The molecule has 0 unspecified atom stereocenters. The highest BCUT2D eigenvalue weighted by atomic mass is 16.4. The van der Waals surface area contributed by atoms with Crippen LogP contribution in [0.15, 0.2) is 48.6 Å². The van der Waals surface area contributed by atoms with E-state index in [2.05, 4.69) is 60.8 Å². The zero-order valence-electron chi connectivity index (χ0n) is 17.0. The molecular weight excluding hydrogens is 338 g/mol. The first-order chi connectivity index (χ1) is 13.1. The summed E-state index contributed by atoms with van der Waals surface area (Å²) in [4.78, 5) is 22.0. The zero-order valence-corrected chi connectivity index (χ0v) is 17.0. The Hall–Kier alpha value is -2.10. The number of allylic oxidation sites excluding steroid dienone is 8. The highest BCUT2D eigenvalue weighted by Crippen LogP contribution is 2.01. The predicted octanol–water partition coefficient (Wildman–Crippen LogP) is 4.39. The van der Waals surface area contributed by atoms with E-state index in [1.54, 1.807) is 0 Å². The van der Waals surface area contributed by atoms with E-state index >= 15 is 0 Å². The van der Waals surface area contributed by atoms with Crippen LogP contribution in [-0.4, -0.2) is 17.9 Å². The summed E-state index contributed by atoms with van der Waals surface area (Å²) in [5.41, 5.74) is 0. The predicted molar refractivity (Wildman–Crippen MR) is 111 cm³/mol. The number of aliphatic carboxylic acids is 1. The van der Waals surface area contributed by atoms with E-state index in [-0.39, 0.29) is 5.91 Å². The summed E-state index contributed by atoms with van der Waals surface area (Å²) >= 11 is 0. The first kappa shape index (κ1) is 24.9. The molecule has 0 fully saturated rings. The second kappa shape index (κ2) is 18.7. The first-order valence-electron chi connectivity index (χ1n) is 10.2. The normalized spacial score (nSPS) is 13.3. The van der Waals surface area contributed by atoms with Gasteiger partial charge in [-0.15, -0.1) is 0 Å². The summed E-state index contributed by atoms with van der Waals surface area (Å²) in [6, 6.07) is -0.936. The molecule has 1 atom stereocenters. The van der Waals surface area contributed by atoms with E-state index in [9.17, 15) is 14.7 Å². The van der Waals surface area contributed by atoms with Gasteiger partial charge in [0.05, 0.1) is 12.0 Å². The first-order valence-corrected chi connectivity index (χ1v) is 10.2. The monoisotopic (exact) mass is 374 g/mol. The summed E-state index contributed by atoms with van der Waals surface area (Å²) in [5, 5.41) is 12.9. The number of hydrogen-bond acceptors (Lipinski definition) is 3. The van der Waals surface area contributed by atoms with E-state index in [1.165, 1.54) is 32.6 Å². The SMILES string of the molecule is CCCCC/C=C\C/C=C\C/C=C\C/C=C\CCCC(=O)N[C@@H](C)C(=O)[O-]. The van der Waals surface area contributed by atoms with E-state index in [1.807, 2.05) is 0 Å². The van der Waals surface area contributed by atoms with Crippen molar-refractivity contribution < 1.29 is 14.7 Å². The van der Waals surface area contributed by atoms with Crippen LogP contribution in [-0.2, 0) is 9.59 Å². The maximum atomic E-state index is 11.5. The number of hydrogen-bond donors (Lipinski definition) is 1. The molecular formula is C23H36NO3-. The minimum atomic E-state index is -1.26. The average Bonchev–Trinajstić information content (AvgIpc) is 2.64. The Morgan fingerprint density at radius 2 is 1.30 bits per heavy atom. The fraction of sp³-hybridized carbons (Fsp3) is 0.565. The molecule has 0 aromatic rings. The molecule has 0 radical (unpaired) electrons. The van der Waals surface area contributed by atoms with Gasteiger partial charge < -0.3 is 15.2 Å². The largest absolute Gasteiger partial charge is 0.548 e. The van der Waals surface area contributed by atoms with Crippen LogP contribution in [0.25, 0.3) is 0 Å². The molecule has 0 aromatic carbocycles. The van der Waals surface area contributed by atoms with Gasteiger partial charge in [0, 0.05) is 6.42 Å². The highest BCUT2D eigenvalue weighted by Gasteiger charge is 2.06. The minimum Gasteiger partial charge on any atom is -0.548 e. The number of carboxylic acids is 1. The van der Waals surface area contributed by atoms with E-state index < -0.39 is 12.0 Å². The Morgan fingerprint density at radius 3 is 1.78 bits per heavy atom. The van der Waals surface area contributed by atoms with Gasteiger partial charge in [-0.1, -0.05) is 68.4 Å². The van der Waals surface area contributed by atoms with Crippen LogP contribution in [0.4, 0.5) is 0 Å². The summed E-state index contributed by atoms with van der Waals surface area (Å²) in [6.07, 6.45) is 27.1. The molecule has 0 heterocycles. The lowest BCUT2D eigenvalue weighted by Gasteiger charge is -2.14. The van der Waals surface area contributed by atoms with Crippen LogP contribution in [0, 0.1) is 0 Å². The minimum absolute atomic E-state index is 0.248. The van der Waals surface area contributed by atoms with Crippen molar-refractivity contribution in [1.82, 2.24) is 5.32 Å². The number of rotatable bonds is 16. The van der Waals surface area contributed by atoms with Crippen molar-refractivity contribution in [2.45, 2.75) is 84.1 Å². The Balaban J connectivity index is 3.56. The molecule has 1 amide bonds. The van der Waals surface area contributed by atoms with E-state index in [4.69, 9.17) is 0 Å². The quantitative estimate of drug-likeness (QED) is 0.322. The van der Waals surface area contributed by atoms with Crippen LogP contribution >= 0.6 is 0 Å². The molecule has 4 nitrogen and oxygen atoms in total. The van der Waals surface area contributed by atoms with Crippen molar-refractivity contribution >= 4 is 11.9 Å². The third-order valence-electron chi connectivity index (χ3n) is 3.96. The van der Waals surface area contributed by atoms with Gasteiger partial charge in [0.15, 0.2) is 0 Å². The molecule has 0 aliphatic rings. The lowest BCUT2D eigenvalue weighted by Crippen LogP contribution is -2.45. The third-order valence-corrected chi connectivity index (χ3v) is 3.96. The van der Waals surface area contributed by atoms with Gasteiger partial charge in [0.2, 0.25) is 5.91 Å². The molecule has 0 aliphatic carbocycles. The fourth-order valence-corrected chi connectivity index (χ4v) is 2.31. The van der Waals surface area contributed by atoms with Crippen molar-refractivity contribution in [3.8, 4) is 0 Å². The number of carbonyl (C=O) groups excluding carboxylic acids is 2. The van der Waals surface area contributed by atoms with Crippen molar-refractivity contribution in [2.75, 3.05) is 0 Å². The van der Waals surface area contributed by atoms with Crippen molar-refractivity contribution in [2.24, 2.45) is 0 Å². The van der Waals surface area contributed by atoms with Crippen LogP contribution in [0.3, 0.4) is 0 Å². The van der Waals surface area contributed by atoms with Crippen LogP contribution in [0.5, 0.6) is 0 Å². The molecule has 0 saturated carbocycles. The second-order valence-electron chi connectivity index (χ2n) is 6.59. The lowest BCUT2D eigenvalue weighted by molar-refractivity contribution is -0.307. The highest BCUT2D eigenvalue weighted by molar-refractivity contribution is 5.82. The van der Waals surface area contributed by atoms with Gasteiger partial charge in [0.1, 0.15) is 0 Å². The van der Waals surface area contributed by atoms with Crippen molar-refractivity contribution in [1.29, 1.82) is 0 Å². The summed E-state index contributed by atoms with van der Waals surface area (Å²) in [7, 11) is 0. The number of carbonyl (C=O) groups is 2. The number of amides is 1. The third kappa shape index (κ3) is 18.5. The van der Waals surface area contributed by atoms with Crippen molar-refractivity contribution in [3.63, 3.8) is 0 Å². The molecule has 0 saturated heterocycles. The molecule has 27 heavy (non-hydrogen) atoms. The van der Waals surface area contributed by atoms with E-state index in [0.29, 0.717) is 12.8 Å². The van der Waals surface area contributed by atoms with Crippen LogP contribution in [0.2, 0.25) is 0 Å². The zero-order chi connectivity index (χ0) is 20.2. The van der Waals surface area contributed by atoms with Gasteiger partial charge >= 0.3 is 0 Å². The second-order valence-corrected chi connectivity index (χ2v) is 6.59. The maximum Gasteiger partial charge on any atom is 0.220 e. The molecule has 0 rings (SSSR count). The molecule has 0 aliphatic heterocycles. The fourth-order valence-electron chi connectivity index (χ4n) is 2.31. The topological polar surface area (TPSA) is 69.2 Å². The number of nitrogens with one attached hydrogen (secondary N) is 1. The molecule has 4 heteroatoms. The van der Waals surface area contributed by atoms with Crippen molar-refractivity contribution in [3.05, 3.63) is 48.6 Å².